The van der Waals surface area contributed by atoms with Crippen LogP contribution >= 0.6 is 11.3 Å². The standard InChI is InChI=1S/C14H12N2O2S2/c1-10-7-8-11-4-2-5-12(14(11)15-10)16-20(17,18)13-6-3-9-19-13/h2-9,16H,1H3. The first-order valence-corrected chi connectivity index (χ1v) is 8.35. The van der Waals surface area contributed by atoms with Crippen molar-refractivity contribution in [2.45, 2.75) is 11.1 Å². The van der Waals surface area contributed by atoms with Gasteiger partial charge in [0.15, 0.2) is 0 Å². The van der Waals surface area contributed by atoms with Crippen molar-refractivity contribution in [3.8, 4) is 0 Å². The number of pyridine rings is 1. The predicted octanol–water partition coefficient (Wildman–Crippen LogP) is 3.41. The van der Waals surface area contributed by atoms with E-state index in [1.54, 1.807) is 23.6 Å². The zero-order valence-electron chi connectivity index (χ0n) is 10.7. The maximum absolute atomic E-state index is 12.3. The molecule has 0 aliphatic heterocycles. The number of aryl methyl sites for hydroxylation is 1. The van der Waals surface area contributed by atoms with Crippen LogP contribution in [0.4, 0.5) is 5.69 Å². The molecule has 0 spiro atoms. The lowest BCUT2D eigenvalue weighted by Gasteiger charge is -2.09. The fourth-order valence-electron chi connectivity index (χ4n) is 1.94. The second-order valence-electron chi connectivity index (χ2n) is 4.37. The van der Waals surface area contributed by atoms with Crippen LogP contribution < -0.4 is 4.72 Å². The summed E-state index contributed by atoms with van der Waals surface area (Å²) in [7, 11) is -3.55. The molecule has 0 amide bonds. The Morgan fingerprint density at radius 3 is 2.70 bits per heavy atom. The summed E-state index contributed by atoms with van der Waals surface area (Å²) in [5.41, 5.74) is 2.01. The molecule has 0 saturated carbocycles. The lowest BCUT2D eigenvalue weighted by atomic mass is 10.2. The molecule has 102 valence electrons. The molecule has 1 N–H and O–H groups in total. The van der Waals surface area contributed by atoms with Crippen molar-refractivity contribution in [2.75, 3.05) is 4.72 Å². The van der Waals surface area contributed by atoms with E-state index in [4.69, 9.17) is 0 Å². The van der Waals surface area contributed by atoms with Crippen LogP contribution in [-0.4, -0.2) is 13.4 Å². The van der Waals surface area contributed by atoms with Gasteiger partial charge in [0.05, 0.1) is 11.2 Å². The Balaban J connectivity index is 2.10. The normalized spacial score (nSPS) is 11.7. The summed E-state index contributed by atoms with van der Waals surface area (Å²) in [6, 6.07) is 12.6. The molecule has 0 aliphatic carbocycles. The van der Waals surface area contributed by atoms with Crippen molar-refractivity contribution in [1.82, 2.24) is 4.98 Å². The lowest BCUT2D eigenvalue weighted by Crippen LogP contribution is -2.12. The van der Waals surface area contributed by atoms with Crippen LogP contribution in [0.3, 0.4) is 0 Å². The number of aromatic nitrogens is 1. The smallest absolute Gasteiger partial charge is 0.271 e. The van der Waals surface area contributed by atoms with Gasteiger partial charge in [-0.2, -0.15) is 0 Å². The number of nitrogens with one attached hydrogen (secondary N) is 1. The third-order valence-corrected chi connectivity index (χ3v) is 5.63. The third-order valence-electron chi connectivity index (χ3n) is 2.86. The molecule has 0 radical (unpaired) electrons. The summed E-state index contributed by atoms with van der Waals surface area (Å²) in [6.45, 7) is 1.88. The fraction of sp³-hybridized carbons (Fsp3) is 0.0714. The average Bonchev–Trinajstić information content (AvgIpc) is 2.94. The molecule has 0 fully saturated rings. The van der Waals surface area contributed by atoms with Gasteiger partial charge in [0.25, 0.3) is 10.0 Å². The van der Waals surface area contributed by atoms with Gasteiger partial charge < -0.3 is 0 Å². The van der Waals surface area contributed by atoms with Crippen LogP contribution in [0, 0.1) is 6.92 Å². The van der Waals surface area contributed by atoms with Gasteiger partial charge in [-0.25, -0.2) is 8.42 Å². The van der Waals surface area contributed by atoms with Gasteiger partial charge in [-0.15, -0.1) is 11.3 Å². The molecule has 2 heterocycles. The summed E-state index contributed by atoms with van der Waals surface area (Å²) in [5, 5.41) is 2.64. The van der Waals surface area contributed by atoms with Crippen LogP contribution in [-0.2, 0) is 10.0 Å². The van der Waals surface area contributed by atoms with Crippen molar-refractivity contribution in [2.24, 2.45) is 0 Å². The predicted molar refractivity (Wildman–Crippen MR) is 81.6 cm³/mol. The summed E-state index contributed by atoms with van der Waals surface area (Å²) in [4.78, 5) is 4.42. The Bertz CT molecular complexity index is 856. The van der Waals surface area contributed by atoms with Crippen molar-refractivity contribution < 1.29 is 8.42 Å². The van der Waals surface area contributed by atoms with E-state index in [0.717, 1.165) is 11.1 Å². The van der Waals surface area contributed by atoms with Crippen molar-refractivity contribution >= 4 is 38.0 Å². The summed E-state index contributed by atoms with van der Waals surface area (Å²) in [5.74, 6) is 0. The Hall–Kier alpha value is -1.92. The van der Waals surface area contributed by atoms with Gasteiger partial charge in [0.2, 0.25) is 0 Å². The highest BCUT2D eigenvalue weighted by atomic mass is 32.2. The highest BCUT2D eigenvalue weighted by Gasteiger charge is 2.16. The number of hydrogen-bond acceptors (Lipinski definition) is 4. The Morgan fingerprint density at radius 1 is 1.10 bits per heavy atom. The van der Waals surface area contributed by atoms with Gasteiger partial charge in [-0.05, 0) is 30.5 Å². The molecule has 20 heavy (non-hydrogen) atoms. The van der Waals surface area contributed by atoms with Gasteiger partial charge in [0.1, 0.15) is 4.21 Å². The van der Waals surface area contributed by atoms with Gasteiger partial charge in [-0.3, -0.25) is 9.71 Å². The van der Waals surface area contributed by atoms with E-state index in [1.165, 1.54) is 11.3 Å². The van der Waals surface area contributed by atoms with Crippen LogP contribution in [0.15, 0.2) is 52.1 Å². The molecule has 2 aromatic heterocycles. The summed E-state index contributed by atoms with van der Waals surface area (Å²) in [6.07, 6.45) is 0. The minimum atomic E-state index is -3.55. The van der Waals surface area contributed by atoms with E-state index in [2.05, 4.69) is 9.71 Å². The van der Waals surface area contributed by atoms with E-state index in [1.807, 2.05) is 31.2 Å². The topological polar surface area (TPSA) is 59.1 Å². The van der Waals surface area contributed by atoms with Crippen LogP contribution in [0.5, 0.6) is 0 Å². The highest BCUT2D eigenvalue weighted by molar-refractivity contribution is 7.94. The van der Waals surface area contributed by atoms with Gasteiger partial charge >= 0.3 is 0 Å². The second kappa shape index (κ2) is 4.88. The van der Waals surface area contributed by atoms with Crippen LogP contribution in [0.1, 0.15) is 5.69 Å². The minimum absolute atomic E-state index is 0.294. The average molecular weight is 304 g/mol. The third kappa shape index (κ3) is 2.39. The molecule has 0 unspecified atom stereocenters. The Labute approximate surface area is 121 Å². The number of nitrogens with zero attached hydrogens (tertiary/aromatic N) is 1. The first-order valence-electron chi connectivity index (χ1n) is 5.99. The van der Waals surface area contributed by atoms with Gasteiger partial charge in [0, 0.05) is 11.1 Å². The molecule has 3 aromatic rings. The van der Waals surface area contributed by atoms with Crippen molar-refractivity contribution in [1.29, 1.82) is 0 Å². The molecule has 0 aliphatic rings. The molecule has 4 nitrogen and oxygen atoms in total. The number of benzene rings is 1. The number of rotatable bonds is 3. The number of para-hydroxylation sites is 1. The maximum atomic E-state index is 12.3. The number of thiophene rings is 1. The van der Waals surface area contributed by atoms with Crippen molar-refractivity contribution in [3.63, 3.8) is 0 Å². The largest absolute Gasteiger partial charge is 0.277 e. The van der Waals surface area contributed by atoms with E-state index in [0.29, 0.717) is 15.4 Å². The highest BCUT2D eigenvalue weighted by Crippen LogP contribution is 2.25. The van der Waals surface area contributed by atoms with E-state index in [9.17, 15) is 8.42 Å². The van der Waals surface area contributed by atoms with E-state index < -0.39 is 10.0 Å². The summed E-state index contributed by atoms with van der Waals surface area (Å²) < 4.78 is 27.4. The number of hydrogen-bond donors (Lipinski definition) is 1. The van der Waals surface area contributed by atoms with E-state index in [-0.39, 0.29) is 0 Å². The molecule has 1 aromatic carbocycles. The molecule has 3 rings (SSSR count). The molecular weight excluding hydrogens is 292 g/mol. The molecule has 0 bridgehead atoms. The zero-order valence-corrected chi connectivity index (χ0v) is 12.3. The van der Waals surface area contributed by atoms with Gasteiger partial charge in [-0.1, -0.05) is 24.3 Å². The Morgan fingerprint density at radius 2 is 1.95 bits per heavy atom. The molecule has 0 saturated heterocycles. The molecule has 6 heteroatoms. The van der Waals surface area contributed by atoms with Crippen LogP contribution in [0.25, 0.3) is 10.9 Å². The monoisotopic (exact) mass is 304 g/mol. The second-order valence-corrected chi connectivity index (χ2v) is 7.22. The van der Waals surface area contributed by atoms with Crippen LogP contribution in [0.2, 0.25) is 0 Å². The lowest BCUT2D eigenvalue weighted by molar-refractivity contribution is 0.603. The first-order chi connectivity index (χ1) is 9.56. The quantitative estimate of drug-likeness (QED) is 0.806. The zero-order chi connectivity index (χ0) is 14.2. The maximum Gasteiger partial charge on any atom is 0.271 e. The summed E-state index contributed by atoms with van der Waals surface area (Å²) >= 11 is 1.19. The molecule has 0 atom stereocenters. The number of sulfonamides is 1. The number of anilines is 1. The Kier molecular flexibility index (Phi) is 3.19. The van der Waals surface area contributed by atoms with Crippen molar-refractivity contribution in [3.05, 3.63) is 53.5 Å². The van der Waals surface area contributed by atoms with E-state index >= 15 is 0 Å². The SMILES string of the molecule is Cc1ccc2cccc(NS(=O)(=O)c3cccs3)c2n1. The first kappa shape index (κ1) is 13.1. The minimum Gasteiger partial charge on any atom is -0.277 e. The molecular formula is C14H12N2O2S2. The number of fused-ring (bicyclic) bond motifs is 1. The fourth-order valence-corrected chi connectivity index (χ4v) is 4.00.